The van der Waals surface area contributed by atoms with Crippen LogP contribution in [-0.2, 0) is 7.05 Å². The molecule has 3 aromatic carbocycles. The number of para-hydroxylation sites is 1. The lowest BCUT2D eigenvalue weighted by Gasteiger charge is -2.13. The molecule has 166 valence electrons. The SMILES string of the molecule is COc1ccc(-c2nc3c(Nc4ccc(-n5cnc(C)c5)c(OC)c4)cccc3n2C)cc1. The highest BCUT2D eigenvalue weighted by molar-refractivity contribution is 5.93. The van der Waals surface area contributed by atoms with Crippen molar-refractivity contribution in [2.24, 2.45) is 7.05 Å². The van der Waals surface area contributed by atoms with Crippen LogP contribution in [0.5, 0.6) is 11.5 Å². The number of anilines is 2. The predicted octanol–water partition coefficient (Wildman–Crippen LogP) is 5.50. The van der Waals surface area contributed by atoms with Gasteiger partial charge in [0.05, 0.1) is 43.1 Å². The molecule has 0 aliphatic heterocycles. The molecule has 0 bridgehead atoms. The van der Waals surface area contributed by atoms with Crippen LogP contribution in [0.25, 0.3) is 28.1 Å². The summed E-state index contributed by atoms with van der Waals surface area (Å²) >= 11 is 0. The summed E-state index contributed by atoms with van der Waals surface area (Å²) in [6, 6.07) is 20.1. The molecule has 0 saturated heterocycles. The fourth-order valence-electron chi connectivity index (χ4n) is 3.99. The molecule has 0 radical (unpaired) electrons. The lowest BCUT2D eigenvalue weighted by atomic mass is 10.2. The van der Waals surface area contributed by atoms with Crippen LogP contribution in [0.3, 0.4) is 0 Å². The molecule has 0 atom stereocenters. The van der Waals surface area contributed by atoms with Gasteiger partial charge in [-0.1, -0.05) is 6.07 Å². The summed E-state index contributed by atoms with van der Waals surface area (Å²) in [5, 5.41) is 3.52. The van der Waals surface area contributed by atoms with Gasteiger partial charge in [-0.05, 0) is 55.5 Å². The van der Waals surface area contributed by atoms with Crippen LogP contribution >= 0.6 is 0 Å². The van der Waals surface area contributed by atoms with Crippen LogP contribution in [0.4, 0.5) is 11.4 Å². The summed E-state index contributed by atoms with van der Waals surface area (Å²) in [6.07, 6.45) is 3.76. The number of hydrogen-bond donors (Lipinski definition) is 1. The Bertz CT molecular complexity index is 1430. The quantitative estimate of drug-likeness (QED) is 0.379. The maximum Gasteiger partial charge on any atom is 0.144 e. The Kier molecular flexibility index (Phi) is 5.22. The van der Waals surface area contributed by atoms with Gasteiger partial charge in [0, 0.05) is 30.6 Å². The van der Waals surface area contributed by atoms with E-state index in [0.29, 0.717) is 0 Å². The van der Waals surface area contributed by atoms with Crippen molar-refractivity contribution >= 4 is 22.4 Å². The number of benzene rings is 3. The lowest BCUT2D eigenvalue weighted by molar-refractivity contribution is 0.413. The van der Waals surface area contributed by atoms with Crippen molar-refractivity contribution in [3.05, 3.63) is 78.9 Å². The van der Waals surface area contributed by atoms with Gasteiger partial charge in [0.15, 0.2) is 0 Å². The van der Waals surface area contributed by atoms with Crippen LogP contribution in [0.15, 0.2) is 73.2 Å². The Balaban J connectivity index is 1.51. The van der Waals surface area contributed by atoms with Gasteiger partial charge < -0.3 is 23.9 Å². The average molecular weight is 440 g/mol. The normalized spacial score (nSPS) is 11.0. The standard InChI is InChI=1S/C26H25N5O2/c1-17-15-31(16-27-17)22-13-10-19(14-24(22)33-4)28-21-6-5-7-23-25(21)29-26(30(23)2)18-8-11-20(32-3)12-9-18/h5-16,28H,1-4H3. The van der Waals surface area contributed by atoms with Gasteiger partial charge in [-0.3, -0.25) is 0 Å². The van der Waals surface area contributed by atoms with E-state index in [0.717, 1.165) is 56.7 Å². The fourth-order valence-corrected chi connectivity index (χ4v) is 3.99. The van der Waals surface area contributed by atoms with Crippen molar-refractivity contribution in [2.75, 3.05) is 19.5 Å². The number of hydrogen-bond acceptors (Lipinski definition) is 5. The number of fused-ring (bicyclic) bond motifs is 1. The van der Waals surface area contributed by atoms with Gasteiger partial charge in [-0.2, -0.15) is 0 Å². The number of ether oxygens (including phenoxy) is 2. The zero-order valence-electron chi connectivity index (χ0n) is 19.0. The minimum Gasteiger partial charge on any atom is -0.497 e. The summed E-state index contributed by atoms with van der Waals surface area (Å²) in [7, 11) is 5.37. The Morgan fingerprint density at radius 2 is 1.76 bits per heavy atom. The second-order valence-electron chi connectivity index (χ2n) is 7.83. The van der Waals surface area contributed by atoms with Crippen molar-refractivity contribution in [1.82, 2.24) is 19.1 Å². The van der Waals surface area contributed by atoms with E-state index in [-0.39, 0.29) is 0 Å². The summed E-state index contributed by atoms with van der Waals surface area (Å²) < 4.78 is 15.0. The average Bonchev–Trinajstić information content (AvgIpc) is 3.43. The summed E-state index contributed by atoms with van der Waals surface area (Å²) in [5.74, 6) is 2.47. The predicted molar refractivity (Wildman–Crippen MR) is 131 cm³/mol. The first kappa shape index (κ1) is 20.6. The first-order valence-corrected chi connectivity index (χ1v) is 10.6. The zero-order chi connectivity index (χ0) is 22.9. The maximum absolute atomic E-state index is 5.66. The Morgan fingerprint density at radius 1 is 0.939 bits per heavy atom. The minimum absolute atomic E-state index is 0.754. The molecule has 0 aliphatic carbocycles. The van der Waals surface area contributed by atoms with Gasteiger partial charge in [0.25, 0.3) is 0 Å². The molecule has 1 N–H and O–H groups in total. The van der Waals surface area contributed by atoms with E-state index in [1.54, 1.807) is 20.5 Å². The molecule has 33 heavy (non-hydrogen) atoms. The molecule has 2 heterocycles. The van der Waals surface area contributed by atoms with E-state index >= 15 is 0 Å². The van der Waals surface area contributed by atoms with Crippen molar-refractivity contribution in [2.45, 2.75) is 6.92 Å². The van der Waals surface area contributed by atoms with E-state index in [9.17, 15) is 0 Å². The zero-order valence-corrected chi connectivity index (χ0v) is 19.0. The largest absolute Gasteiger partial charge is 0.497 e. The Morgan fingerprint density at radius 3 is 2.45 bits per heavy atom. The number of aromatic nitrogens is 4. The molecule has 0 unspecified atom stereocenters. The van der Waals surface area contributed by atoms with E-state index < -0.39 is 0 Å². The first-order chi connectivity index (χ1) is 16.1. The Labute approximate surface area is 192 Å². The highest BCUT2D eigenvalue weighted by Crippen LogP contribution is 2.33. The van der Waals surface area contributed by atoms with Crippen LogP contribution in [0.2, 0.25) is 0 Å². The van der Waals surface area contributed by atoms with Crippen molar-refractivity contribution in [3.63, 3.8) is 0 Å². The summed E-state index contributed by atoms with van der Waals surface area (Å²) in [4.78, 5) is 9.27. The third-order valence-electron chi connectivity index (χ3n) is 5.71. The van der Waals surface area contributed by atoms with E-state index in [2.05, 4.69) is 20.9 Å². The smallest absolute Gasteiger partial charge is 0.144 e. The van der Waals surface area contributed by atoms with E-state index in [1.807, 2.05) is 79.3 Å². The number of nitrogens with one attached hydrogen (secondary N) is 1. The van der Waals surface area contributed by atoms with Gasteiger partial charge >= 0.3 is 0 Å². The second kappa shape index (κ2) is 8.35. The monoisotopic (exact) mass is 439 g/mol. The second-order valence-corrected chi connectivity index (χ2v) is 7.83. The molecule has 0 saturated carbocycles. The topological polar surface area (TPSA) is 66.1 Å². The summed E-state index contributed by atoms with van der Waals surface area (Å²) in [5.41, 5.74) is 6.70. The highest BCUT2D eigenvalue weighted by Gasteiger charge is 2.14. The van der Waals surface area contributed by atoms with Gasteiger partial charge in [-0.15, -0.1) is 0 Å². The van der Waals surface area contributed by atoms with Crippen molar-refractivity contribution < 1.29 is 9.47 Å². The number of imidazole rings is 2. The van der Waals surface area contributed by atoms with Gasteiger partial charge in [-0.25, -0.2) is 9.97 Å². The first-order valence-electron chi connectivity index (χ1n) is 10.6. The number of aryl methyl sites for hydroxylation is 2. The maximum atomic E-state index is 5.66. The third kappa shape index (κ3) is 3.78. The van der Waals surface area contributed by atoms with Crippen LogP contribution in [-0.4, -0.2) is 33.3 Å². The molecule has 2 aromatic heterocycles. The van der Waals surface area contributed by atoms with Crippen LogP contribution < -0.4 is 14.8 Å². The van der Waals surface area contributed by atoms with Crippen LogP contribution in [0.1, 0.15) is 5.69 Å². The van der Waals surface area contributed by atoms with E-state index in [1.165, 1.54) is 0 Å². The molecular weight excluding hydrogens is 414 g/mol. The molecule has 7 heteroatoms. The molecule has 7 nitrogen and oxygen atoms in total. The molecular formula is C26H25N5O2. The number of nitrogens with zero attached hydrogens (tertiary/aromatic N) is 4. The molecule has 0 aliphatic rings. The van der Waals surface area contributed by atoms with Crippen LogP contribution in [0, 0.1) is 6.92 Å². The highest BCUT2D eigenvalue weighted by atomic mass is 16.5. The summed E-state index contributed by atoms with van der Waals surface area (Å²) in [6.45, 7) is 1.96. The van der Waals surface area contributed by atoms with E-state index in [4.69, 9.17) is 14.5 Å². The number of rotatable bonds is 6. The van der Waals surface area contributed by atoms with Gasteiger partial charge in [0.2, 0.25) is 0 Å². The Hall–Kier alpha value is -4.26. The molecule has 0 spiro atoms. The fraction of sp³-hybridized carbons (Fsp3) is 0.154. The number of methoxy groups -OCH3 is 2. The molecule has 5 rings (SSSR count). The molecule has 0 fully saturated rings. The molecule has 5 aromatic rings. The minimum atomic E-state index is 0.754. The van der Waals surface area contributed by atoms with Gasteiger partial charge in [0.1, 0.15) is 22.8 Å². The lowest BCUT2D eigenvalue weighted by Crippen LogP contribution is -1.98. The third-order valence-corrected chi connectivity index (χ3v) is 5.71. The molecule has 0 amide bonds. The van der Waals surface area contributed by atoms with Crippen molar-refractivity contribution in [1.29, 1.82) is 0 Å². The van der Waals surface area contributed by atoms with Crippen molar-refractivity contribution in [3.8, 4) is 28.6 Å².